The number of hydrogen-bond acceptors (Lipinski definition) is 5. The molecule has 0 amide bonds. The summed E-state index contributed by atoms with van der Waals surface area (Å²) in [6, 6.07) is 12.4. The molecule has 3 rings (SSSR count). The Morgan fingerprint density at radius 1 is 1.27 bits per heavy atom. The Morgan fingerprint density at radius 2 is 2.08 bits per heavy atom. The number of rotatable bonds is 6. The molecule has 2 heterocycles. The van der Waals surface area contributed by atoms with Gasteiger partial charge in [-0.2, -0.15) is 0 Å². The lowest BCUT2D eigenvalue weighted by Gasteiger charge is -2.10. The van der Waals surface area contributed by atoms with E-state index in [0.717, 1.165) is 5.56 Å². The van der Waals surface area contributed by atoms with E-state index in [-0.39, 0.29) is 18.4 Å². The monoisotopic (exact) mass is 347 g/mol. The fourth-order valence-electron chi connectivity index (χ4n) is 2.20. The van der Waals surface area contributed by atoms with Crippen molar-refractivity contribution in [3.05, 3.63) is 72.4 Å². The van der Waals surface area contributed by atoms with Crippen molar-refractivity contribution >= 4 is 5.97 Å². The molecule has 6 heteroatoms. The van der Waals surface area contributed by atoms with Crippen molar-refractivity contribution in [2.24, 2.45) is 0 Å². The molecule has 0 spiro atoms. The average Bonchev–Trinajstić information content (AvgIpc) is 3.22. The molecule has 1 atom stereocenters. The van der Waals surface area contributed by atoms with Crippen LogP contribution >= 0.6 is 0 Å². The predicted octanol–water partition coefficient (Wildman–Crippen LogP) is 3.02. The summed E-state index contributed by atoms with van der Waals surface area (Å²) in [7, 11) is 0. The molecule has 0 aliphatic heterocycles. The molecule has 130 valence electrons. The minimum Gasteiger partial charge on any atom is -0.478 e. The van der Waals surface area contributed by atoms with E-state index >= 15 is 0 Å². The Kier molecular flexibility index (Phi) is 5.30. The van der Waals surface area contributed by atoms with E-state index in [4.69, 9.17) is 15.9 Å². The number of terminal acetylenes is 1. The zero-order valence-electron chi connectivity index (χ0n) is 14.2. The number of pyridine rings is 1. The van der Waals surface area contributed by atoms with Crippen LogP contribution in [0.2, 0.25) is 0 Å². The van der Waals surface area contributed by atoms with Crippen LogP contribution in [-0.4, -0.2) is 26.6 Å². The van der Waals surface area contributed by atoms with Crippen molar-refractivity contribution < 1.29 is 14.3 Å². The molecule has 0 radical (unpaired) electrons. The Labute approximate surface area is 151 Å². The summed E-state index contributed by atoms with van der Waals surface area (Å²) < 4.78 is 12.5. The maximum Gasteiger partial charge on any atom is 0.357 e. The summed E-state index contributed by atoms with van der Waals surface area (Å²) in [5.41, 5.74) is 1.07. The lowest BCUT2D eigenvalue weighted by molar-refractivity contribution is 0.0465. The molecule has 0 saturated carbocycles. The first-order valence-electron chi connectivity index (χ1n) is 8.00. The molecule has 0 aliphatic rings. The smallest absolute Gasteiger partial charge is 0.357 e. The van der Waals surface area contributed by atoms with Crippen molar-refractivity contribution in [1.82, 2.24) is 14.5 Å². The van der Waals surface area contributed by atoms with Crippen LogP contribution in [0.15, 0.2) is 61.2 Å². The van der Waals surface area contributed by atoms with Crippen molar-refractivity contribution in [1.29, 1.82) is 0 Å². The first-order chi connectivity index (χ1) is 12.7. The van der Waals surface area contributed by atoms with Gasteiger partial charge in [-0.15, -0.1) is 6.42 Å². The number of imidazole rings is 1. The number of hydrogen-bond donors (Lipinski definition) is 0. The van der Waals surface area contributed by atoms with E-state index in [0.29, 0.717) is 11.6 Å². The lowest BCUT2D eigenvalue weighted by atomic mass is 10.2. The van der Waals surface area contributed by atoms with E-state index in [1.54, 1.807) is 60.5 Å². The molecule has 26 heavy (non-hydrogen) atoms. The topological polar surface area (TPSA) is 66.2 Å². The van der Waals surface area contributed by atoms with Crippen molar-refractivity contribution in [3.63, 3.8) is 0 Å². The SMILES string of the molecule is C#CC(C)Oc1ccc(COC(=O)c2cccc(-n3ccnc3)n2)cc1. The van der Waals surface area contributed by atoms with Gasteiger partial charge in [-0.3, -0.25) is 4.57 Å². The highest BCUT2D eigenvalue weighted by molar-refractivity contribution is 5.87. The largest absolute Gasteiger partial charge is 0.478 e. The summed E-state index contributed by atoms with van der Waals surface area (Å²) >= 11 is 0. The van der Waals surface area contributed by atoms with Gasteiger partial charge >= 0.3 is 5.97 Å². The molecule has 0 aliphatic carbocycles. The fourth-order valence-corrected chi connectivity index (χ4v) is 2.20. The van der Waals surface area contributed by atoms with E-state index in [2.05, 4.69) is 15.9 Å². The number of carbonyl (C=O) groups is 1. The first kappa shape index (κ1) is 17.2. The van der Waals surface area contributed by atoms with Gasteiger partial charge in [0.2, 0.25) is 0 Å². The number of esters is 1. The normalized spacial score (nSPS) is 11.4. The third-order valence-corrected chi connectivity index (χ3v) is 3.55. The number of aromatic nitrogens is 3. The average molecular weight is 347 g/mol. The molecule has 6 nitrogen and oxygen atoms in total. The molecule has 2 aromatic heterocycles. The lowest BCUT2D eigenvalue weighted by Crippen LogP contribution is -2.09. The predicted molar refractivity (Wildman–Crippen MR) is 95.8 cm³/mol. The van der Waals surface area contributed by atoms with Crippen LogP contribution in [0.5, 0.6) is 5.75 Å². The van der Waals surface area contributed by atoms with Crippen molar-refractivity contribution in [2.45, 2.75) is 19.6 Å². The maximum atomic E-state index is 12.2. The highest BCUT2D eigenvalue weighted by Gasteiger charge is 2.11. The Hall–Kier alpha value is -3.59. The van der Waals surface area contributed by atoms with Gasteiger partial charge in [-0.25, -0.2) is 14.8 Å². The van der Waals surface area contributed by atoms with Crippen LogP contribution in [-0.2, 0) is 11.3 Å². The van der Waals surface area contributed by atoms with Gasteiger partial charge in [0.15, 0.2) is 11.8 Å². The number of nitrogens with zero attached hydrogens (tertiary/aromatic N) is 3. The Bertz CT molecular complexity index is 912. The van der Waals surface area contributed by atoms with Crippen molar-refractivity contribution in [2.75, 3.05) is 0 Å². The molecular weight excluding hydrogens is 330 g/mol. The highest BCUT2D eigenvalue weighted by atomic mass is 16.5. The molecule has 0 bridgehead atoms. The molecule has 1 aromatic carbocycles. The zero-order valence-corrected chi connectivity index (χ0v) is 14.2. The quantitative estimate of drug-likeness (QED) is 0.506. The van der Waals surface area contributed by atoms with Crippen LogP contribution in [0.25, 0.3) is 5.82 Å². The molecule has 0 fully saturated rings. The molecule has 0 N–H and O–H groups in total. The maximum absolute atomic E-state index is 12.2. The van der Waals surface area contributed by atoms with Gasteiger partial charge in [0, 0.05) is 12.4 Å². The van der Waals surface area contributed by atoms with Crippen LogP contribution in [0, 0.1) is 12.3 Å². The Morgan fingerprint density at radius 3 is 2.77 bits per heavy atom. The first-order valence-corrected chi connectivity index (χ1v) is 8.00. The number of ether oxygens (including phenoxy) is 2. The van der Waals surface area contributed by atoms with Gasteiger partial charge < -0.3 is 9.47 Å². The van der Waals surface area contributed by atoms with Gasteiger partial charge in [0.05, 0.1) is 0 Å². The van der Waals surface area contributed by atoms with Crippen LogP contribution in [0.3, 0.4) is 0 Å². The second kappa shape index (κ2) is 7.99. The second-order valence-corrected chi connectivity index (χ2v) is 5.50. The molecule has 3 aromatic rings. The second-order valence-electron chi connectivity index (χ2n) is 5.50. The highest BCUT2D eigenvalue weighted by Crippen LogP contribution is 2.15. The summed E-state index contributed by atoms with van der Waals surface area (Å²) in [4.78, 5) is 20.5. The van der Waals surface area contributed by atoms with E-state index in [9.17, 15) is 4.79 Å². The van der Waals surface area contributed by atoms with Crippen molar-refractivity contribution in [3.8, 4) is 23.9 Å². The summed E-state index contributed by atoms with van der Waals surface area (Å²) in [6.07, 6.45) is 9.99. The van der Waals surface area contributed by atoms with Gasteiger partial charge in [0.25, 0.3) is 0 Å². The molecule has 1 unspecified atom stereocenters. The van der Waals surface area contributed by atoms with Crippen LogP contribution < -0.4 is 4.74 Å². The third kappa shape index (κ3) is 4.28. The van der Waals surface area contributed by atoms with Crippen LogP contribution in [0.1, 0.15) is 23.0 Å². The standard InChI is InChI=1S/C20H17N3O3/c1-3-15(2)26-17-9-7-16(8-10-17)13-25-20(24)18-5-4-6-19(22-18)23-12-11-21-14-23/h1,4-12,14-15H,13H2,2H3. The summed E-state index contributed by atoms with van der Waals surface area (Å²) in [5, 5.41) is 0. The van der Waals surface area contributed by atoms with Gasteiger partial charge in [-0.1, -0.05) is 24.1 Å². The minimum atomic E-state index is -0.492. The Balaban J connectivity index is 1.61. The summed E-state index contributed by atoms with van der Waals surface area (Å²) in [6.45, 7) is 1.93. The minimum absolute atomic E-state index is 0.140. The zero-order chi connectivity index (χ0) is 18.4. The molecule has 0 saturated heterocycles. The van der Waals surface area contributed by atoms with E-state index in [1.165, 1.54) is 0 Å². The summed E-state index contributed by atoms with van der Waals surface area (Å²) in [5.74, 6) is 3.27. The van der Waals surface area contributed by atoms with E-state index in [1.807, 2.05) is 12.1 Å². The van der Waals surface area contributed by atoms with E-state index < -0.39 is 5.97 Å². The number of carbonyl (C=O) groups excluding carboxylic acids is 1. The van der Waals surface area contributed by atoms with Gasteiger partial charge in [-0.05, 0) is 36.8 Å². The van der Waals surface area contributed by atoms with Crippen LogP contribution in [0.4, 0.5) is 0 Å². The molecular formula is C20H17N3O3. The van der Waals surface area contributed by atoms with Gasteiger partial charge in [0.1, 0.15) is 24.5 Å². The third-order valence-electron chi connectivity index (χ3n) is 3.55. The number of benzene rings is 1. The fraction of sp³-hybridized carbons (Fsp3) is 0.150.